The van der Waals surface area contributed by atoms with Gasteiger partial charge in [0.2, 0.25) is 0 Å². The van der Waals surface area contributed by atoms with Crippen molar-refractivity contribution in [2.24, 2.45) is 0 Å². The van der Waals surface area contributed by atoms with Crippen LogP contribution in [0.4, 0.5) is 0 Å². The van der Waals surface area contributed by atoms with Gasteiger partial charge in [-0.05, 0) is 48.4 Å². The van der Waals surface area contributed by atoms with E-state index in [1.54, 1.807) is 24.3 Å². The smallest absolute Gasteiger partial charge is 0.296 e. The van der Waals surface area contributed by atoms with Crippen LogP contribution in [-0.4, -0.2) is 33.3 Å². The number of carbonyl (C=O) groups excluding carboxylic acids is 2. The van der Waals surface area contributed by atoms with Crippen molar-refractivity contribution in [1.29, 1.82) is 0 Å². The molecule has 0 bridgehead atoms. The van der Waals surface area contributed by atoms with Crippen molar-refractivity contribution >= 4 is 17.4 Å². The summed E-state index contributed by atoms with van der Waals surface area (Å²) in [6.07, 6.45) is 7.68. The molecule has 1 aliphatic rings. The van der Waals surface area contributed by atoms with E-state index in [9.17, 15) is 14.7 Å². The summed E-state index contributed by atoms with van der Waals surface area (Å²) in [5.41, 5.74) is 1.11. The zero-order valence-electron chi connectivity index (χ0n) is 18.4. The zero-order valence-corrected chi connectivity index (χ0v) is 18.4. The largest absolute Gasteiger partial charge is 0.507 e. The Morgan fingerprint density at radius 1 is 1.12 bits per heavy atom. The van der Waals surface area contributed by atoms with E-state index in [1.165, 1.54) is 23.6 Å². The number of aromatic nitrogens is 1. The molecular weight excluding hydrogens is 420 g/mol. The van der Waals surface area contributed by atoms with Crippen molar-refractivity contribution in [2.75, 3.05) is 6.61 Å². The number of Topliss-reactive ketones (excluding diaryl/α,β-unsaturated/α-hetero) is 1. The van der Waals surface area contributed by atoms with E-state index in [2.05, 4.69) is 11.9 Å². The second-order valence-electron chi connectivity index (χ2n) is 7.87. The van der Waals surface area contributed by atoms with Gasteiger partial charge in [0.05, 0.1) is 31.0 Å². The number of furan rings is 1. The van der Waals surface area contributed by atoms with E-state index in [-0.39, 0.29) is 17.9 Å². The molecule has 3 aromatic rings. The molecule has 7 heteroatoms. The van der Waals surface area contributed by atoms with Gasteiger partial charge in [0, 0.05) is 18.0 Å². The lowest BCUT2D eigenvalue weighted by Crippen LogP contribution is -2.29. The van der Waals surface area contributed by atoms with Gasteiger partial charge in [-0.3, -0.25) is 14.6 Å². The number of unbranched alkanes of at least 4 members (excludes halogenated alkanes) is 2. The maximum absolute atomic E-state index is 13.1. The van der Waals surface area contributed by atoms with Crippen molar-refractivity contribution < 1.29 is 23.8 Å². The molecule has 1 aromatic carbocycles. The summed E-state index contributed by atoms with van der Waals surface area (Å²) in [6, 6.07) is 13.2. The Labute approximate surface area is 192 Å². The van der Waals surface area contributed by atoms with E-state index in [0.29, 0.717) is 29.2 Å². The van der Waals surface area contributed by atoms with Crippen molar-refractivity contribution in [3.05, 3.63) is 89.6 Å². The Morgan fingerprint density at radius 2 is 1.94 bits per heavy atom. The molecule has 0 spiro atoms. The van der Waals surface area contributed by atoms with Gasteiger partial charge < -0.3 is 19.2 Å². The van der Waals surface area contributed by atoms with E-state index < -0.39 is 17.7 Å². The Hall–Kier alpha value is -3.87. The molecule has 33 heavy (non-hydrogen) atoms. The first-order valence-electron chi connectivity index (χ1n) is 11.0. The van der Waals surface area contributed by atoms with Gasteiger partial charge in [-0.15, -0.1) is 0 Å². The van der Waals surface area contributed by atoms with Gasteiger partial charge in [0.15, 0.2) is 0 Å². The average Bonchev–Trinajstić information content (AvgIpc) is 3.44. The molecule has 2 aromatic heterocycles. The lowest BCUT2D eigenvalue weighted by atomic mass is 9.95. The minimum absolute atomic E-state index is 0.0286. The number of aliphatic hydroxyl groups excluding tert-OH is 1. The topological polar surface area (TPSA) is 92.9 Å². The number of rotatable bonds is 9. The van der Waals surface area contributed by atoms with Crippen LogP contribution in [0.1, 0.15) is 49.1 Å². The van der Waals surface area contributed by atoms with Crippen molar-refractivity contribution in [3.8, 4) is 5.75 Å². The third-order valence-corrected chi connectivity index (χ3v) is 5.59. The molecule has 1 aliphatic heterocycles. The highest BCUT2D eigenvalue weighted by Gasteiger charge is 2.46. The SMILES string of the molecule is CCCCCOc1cccc(C2C(=C(O)c3ccncc3)C(=O)C(=O)N2Cc2ccco2)c1. The first-order chi connectivity index (χ1) is 16.1. The lowest BCUT2D eigenvalue weighted by molar-refractivity contribution is -0.140. The Morgan fingerprint density at radius 3 is 2.67 bits per heavy atom. The van der Waals surface area contributed by atoms with Crippen LogP contribution in [0.3, 0.4) is 0 Å². The minimum Gasteiger partial charge on any atom is -0.507 e. The fraction of sp³-hybridized carbons (Fsp3) is 0.269. The molecule has 1 unspecified atom stereocenters. The van der Waals surface area contributed by atoms with Crippen LogP contribution in [0.15, 0.2) is 77.2 Å². The number of aliphatic hydroxyl groups is 1. The average molecular weight is 447 g/mol. The summed E-state index contributed by atoms with van der Waals surface area (Å²) < 4.78 is 11.3. The highest BCUT2D eigenvalue weighted by Crippen LogP contribution is 2.41. The van der Waals surface area contributed by atoms with Crippen LogP contribution < -0.4 is 4.74 Å². The highest BCUT2D eigenvalue weighted by molar-refractivity contribution is 6.46. The molecule has 1 amide bonds. The highest BCUT2D eigenvalue weighted by atomic mass is 16.5. The van der Waals surface area contributed by atoms with Crippen molar-refractivity contribution in [1.82, 2.24) is 9.88 Å². The summed E-state index contributed by atoms with van der Waals surface area (Å²) >= 11 is 0. The number of hydrogen-bond donors (Lipinski definition) is 1. The van der Waals surface area contributed by atoms with Gasteiger partial charge in [-0.25, -0.2) is 0 Å². The van der Waals surface area contributed by atoms with Gasteiger partial charge >= 0.3 is 0 Å². The minimum atomic E-state index is -0.789. The van der Waals surface area contributed by atoms with Crippen LogP contribution in [0.2, 0.25) is 0 Å². The van der Waals surface area contributed by atoms with Gasteiger partial charge in [-0.2, -0.15) is 0 Å². The number of hydrogen-bond acceptors (Lipinski definition) is 6. The number of pyridine rings is 1. The lowest BCUT2D eigenvalue weighted by Gasteiger charge is -2.25. The molecule has 0 aliphatic carbocycles. The molecule has 0 saturated carbocycles. The first kappa shape index (κ1) is 22.3. The predicted octanol–water partition coefficient (Wildman–Crippen LogP) is 4.87. The quantitative estimate of drug-likeness (QED) is 0.218. The monoisotopic (exact) mass is 446 g/mol. The molecule has 1 saturated heterocycles. The second kappa shape index (κ2) is 10.2. The Balaban J connectivity index is 1.75. The van der Waals surface area contributed by atoms with Gasteiger partial charge in [0.1, 0.15) is 17.3 Å². The second-order valence-corrected chi connectivity index (χ2v) is 7.87. The number of benzene rings is 1. The molecule has 4 rings (SSSR count). The standard InChI is InChI=1S/C26H26N2O5/c1-2-3-4-14-32-20-8-5-7-19(16-20)23-22(24(29)18-10-12-27-13-11-18)25(30)26(31)28(23)17-21-9-6-15-33-21/h5-13,15-16,23,29H,2-4,14,17H2,1H3. The molecule has 1 fully saturated rings. The van der Waals surface area contributed by atoms with Crippen LogP contribution in [0.5, 0.6) is 5.75 Å². The predicted molar refractivity (Wildman–Crippen MR) is 122 cm³/mol. The third-order valence-electron chi connectivity index (χ3n) is 5.59. The number of ether oxygens (including phenoxy) is 1. The fourth-order valence-electron chi connectivity index (χ4n) is 3.94. The molecule has 3 heterocycles. The molecular formula is C26H26N2O5. The maximum Gasteiger partial charge on any atom is 0.296 e. The van der Waals surface area contributed by atoms with Gasteiger partial charge in [-0.1, -0.05) is 31.9 Å². The zero-order chi connectivity index (χ0) is 23.2. The fourth-order valence-corrected chi connectivity index (χ4v) is 3.94. The molecule has 170 valence electrons. The summed E-state index contributed by atoms with van der Waals surface area (Å²) in [5.74, 6) is -0.484. The maximum atomic E-state index is 13.1. The van der Waals surface area contributed by atoms with Crippen LogP contribution >= 0.6 is 0 Å². The van der Waals surface area contributed by atoms with E-state index in [4.69, 9.17) is 9.15 Å². The van der Waals surface area contributed by atoms with Crippen molar-refractivity contribution in [3.63, 3.8) is 0 Å². The molecule has 1 N–H and O–H groups in total. The Bertz CT molecular complexity index is 1140. The van der Waals surface area contributed by atoms with Gasteiger partial charge in [0.25, 0.3) is 11.7 Å². The van der Waals surface area contributed by atoms with Crippen molar-refractivity contribution in [2.45, 2.75) is 38.8 Å². The number of likely N-dealkylation sites (tertiary alicyclic amines) is 1. The number of carbonyl (C=O) groups is 2. The van der Waals surface area contributed by atoms with Crippen LogP contribution in [0.25, 0.3) is 5.76 Å². The summed E-state index contributed by atoms with van der Waals surface area (Å²) in [7, 11) is 0. The summed E-state index contributed by atoms with van der Waals surface area (Å²) in [4.78, 5) is 31.5. The Kier molecular flexibility index (Phi) is 6.88. The first-order valence-corrected chi connectivity index (χ1v) is 11.0. The molecule has 0 radical (unpaired) electrons. The van der Waals surface area contributed by atoms with E-state index in [1.807, 2.05) is 24.3 Å². The third kappa shape index (κ3) is 4.82. The molecule has 7 nitrogen and oxygen atoms in total. The molecule has 1 atom stereocenters. The van der Waals surface area contributed by atoms with E-state index in [0.717, 1.165) is 19.3 Å². The van der Waals surface area contributed by atoms with Crippen LogP contribution in [-0.2, 0) is 16.1 Å². The summed E-state index contributed by atoms with van der Waals surface area (Å²) in [5, 5.41) is 11.1. The number of nitrogens with zero attached hydrogens (tertiary/aromatic N) is 2. The normalized spacial score (nSPS) is 17.5. The number of amides is 1. The summed E-state index contributed by atoms with van der Waals surface area (Å²) in [6.45, 7) is 2.81. The number of ketones is 1. The van der Waals surface area contributed by atoms with E-state index >= 15 is 0 Å². The van der Waals surface area contributed by atoms with Crippen LogP contribution in [0, 0.1) is 0 Å².